The molecule has 134 valence electrons. The van der Waals surface area contributed by atoms with Crippen LogP contribution in [0.1, 0.15) is 57.8 Å². The Hall–Kier alpha value is -1.40. The Bertz CT molecular complexity index is 584. The van der Waals surface area contributed by atoms with Gasteiger partial charge in [0.1, 0.15) is 0 Å². The first-order valence-electron chi connectivity index (χ1n) is 9.08. The van der Waals surface area contributed by atoms with Crippen molar-refractivity contribution in [1.29, 1.82) is 0 Å². The number of carbonyl (C=O) groups is 1. The van der Waals surface area contributed by atoms with E-state index in [0.29, 0.717) is 26.3 Å². The standard InChI is InChI=1S/C18H30N4O2/c1-13(17(23)21-8-10-24-11-9-21)20-15-6-5-7-16-14(15)12-19-22(16)18(2,3)4/h12-13,15,20H,5-11H2,1-4H3/t13-,15+/m0/s1. The molecule has 3 rings (SSSR count). The fourth-order valence-electron chi connectivity index (χ4n) is 3.74. The van der Waals surface area contributed by atoms with Crippen LogP contribution in [0.25, 0.3) is 0 Å². The third-order valence-corrected chi connectivity index (χ3v) is 4.96. The predicted molar refractivity (Wildman–Crippen MR) is 92.9 cm³/mol. The number of aromatic nitrogens is 2. The topological polar surface area (TPSA) is 59.4 Å². The molecule has 0 unspecified atom stereocenters. The van der Waals surface area contributed by atoms with Crippen molar-refractivity contribution in [2.24, 2.45) is 0 Å². The Balaban J connectivity index is 1.71. The molecule has 2 aliphatic rings. The number of hydrogen-bond acceptors (Lipinski definition) is 4. The van der Waals surface area contributed by atoms with Gasteiger partial charge in [0.25, 0.3) is 0 Å². The minimum Gasteiger partial charge on any atom is -0.378 e. The highest BCUT2D eigenvalue weighted by Gasteiger charge is 2.31. The molecule has 1 fully saturated rings. The summed E-state index contributed by atoms with van der Waals surface area (Å²) < 4.78 is 7.48. The van der Waals surface area contributed by atoms with Crippen molar-refractivity contribution in [2.45, 2.75) is 64.6 Å². The smallest absolute Gasteiger partial charge is 0.239 e. The summed E-state index contributed by atoms with van der Waals surface area (Å²) >= 11 is 0. The van der Waals surface area contributed by atoms with Gasteiger partial charge in [0.15, 0.2) is 0 Å². The summed E-state index contributed by atoms with van der Waals surface area (Å²) in [5, 5.41) is 8.18. The number of fused-ring (bicyclic) bond motifs is 1. The highest BCUT2D eigenvalue weighted by atomic mass is 16.5. The van der Waals surface area contributed by atoms with Gasteiger partial charge < -0.3 is 9.64 Å². The van der Waals surface area contributed by atoms with Gasteiger partial charge in [-0.2, -0.15) is 5.10 Å². The molecular weight excluding hydrogens is 304 g/mol. The van der Waals surface area contributed by atoms with Crippen molar-refractivity contribution in [1.82, 2.24) is 20.0 Å². The zero-order valence-corrected chi connectivity index (χ0v) is 15.3. The second kappa shape index (κ2) is 6.84. The summed E-state index contributed by atoms with van der Waals surface area (Å²) in [5.74, 6) is 0.175. The van der Waals surface area contributed by atoms with Gasteiger partial charge >= 0.3 is 0 Å². The van der Waals surface area contributed by atoms with Crippen LogP contribution in [0.2, 0.25) is 0 Å². The number of rotatable bonds is 3. The fraction of sp³-hybridized carbons (Fsp3) is 0.778. The first-order valence-corrected chi connectivity index (χ1v) is 9.08. The molecule has 0 spiro atoms. The van der Waals surface area contributed by atoms with Crippen LogP contribution in [-0.2, 0) is 21.5 Å². The second-order valence-corrected chi connectivity index (χ2v) is 7.90. The van der Waals surface area contributed by atoms with Crippen molar-refractivity contribution in [3.63, 3.8) is 0 Å². The Morgan fingerprint density at radius 3 is 2.75 bits per heavy atom. The van der Waals surface area contributed by atoms with Crippen LogP contribution in [0.15, 0.2) is 6.20 Å². The molecule has 1 aliphatic carbocycles. The van der Waals surface area contributed by atoms with E-state index in [0.717, 1.165) is 19.3 Å². The van der Waals surface area contributed by atoms with E-state index < -0.39 is 0 Å². The van der Waals surface area contributed by atoms with Crippen molar-refractivity contribution >= 4 is 5.91 Å². The molecule has 0 aromatic carbocycles. The maximum absolute atomic E-state index is 12.6. The Morgan fingerprint density at radius 2 is 2.08 bits per heavy atom. The van der Waals surface area contributed by atoms with E-state index in [9.17, 15) is 4.79 Å². The molecule has 6 heteroatoms. The first kappa shape index (κ1) is 17.4. The molecule has 1 N–H and O–H groups in total. The maximum atomic E-state index is 12.6. The lowest BCUT2D eigenvalue weighted by molar-refractivity contribution is -0.137. The lowest BCUT2D eigenvalue weighted by atomic mass is 9.91. The molecule has 0 bridgehead atoms. The van der Waals surface area contributed by atoms with Gasteiger partial charge in [-0.05, 0) is 47.0 Å². The van der Waals surface area contributed by atoms with E-state index in [1.165, 1.54) is 11.3 Å². The van der Waals surface area contributed by atoms with E-state index in [-0.39, 0.29) is 23.5 Å². The molecule has 1 saturated heterocycles. The third kappa shape index (κ3) is 3.49. The Labute approximate surface area is 144 Å². The van der Waals surface area contributed by atoms with E-state index in [1.54, 1.807) is 0 Å². The van der Waals surface area contributed by atoms with Crippen LogP contribution < -0.4 is 5.32 Å². The van der Waals surface area contributed by atoms with Gasteiger partial charge in [-0.15, -0.1) is 0 Å². The van der Waals surface area contributed by atoms with Gasteiger partial charge in [0.05, 0.1) is 31.0 Å². The molecule has 1 aromatic heterocycles. The van der Waals surface area contributed by atoms with Gasteiger partial charge in [0, 0.05) is 30.4 Å². The van der Waals surface area contributed by atoms with Crippen LogP contribution in [0.4, 0.5) is 0 Å². The van der Waals surface area contributed by atoms with Crippen LogP contribution in [0, 0.1) is 0 Å². The highest BCUT2D eigenvalue weighted by Crippen LogP contribution is 2.32. The average molecular weight is 334 g/mol. The van der Waals surface area contributed by atoms with Crippen LogP contribution in [0.3, 0.4) is 0 Å². The molecule has 6 nitrogen and oxygen atoms in total. The zero-order chi connectivity index (χ0) is 17.3. The second-order valence-electron chi connectivity index (χ2n) is 7.90. The number of ether oxygens (including phenoxy) is 1. The molecule has 1 aliphatic heterocycles. The zero-order valence-electron chi connectivity index (χ0n) is 15.3. The predicted octanol–water partition coefficient (Wildman–Crippen LogP) is 1.85. The van der Waals surface area contributed by atoms with Crippen LogP contribution in [0.5, 0.6) is 0 Å². The molecule has 1 amide bonds. The summed E-state index contributed by atoms with van der Waals surface area (Å²) in [5.41, 5.74) is 2.57. The average Bonchev–Trinajstić information content (AvgIpc) is 3.00. The summed E-state index contributed by atoms with van der Waals surface area (Å²) in [6, 6.07) is 0.0295. The van der Waals surface area contributed by atoms with E-state index in [2.05, 4.69) is 35.9 Å². The normalized spacial score (nSPS) is 23.0. The number of carbonyl (C=O) groups excluding carboxylic acids is 1. The molecule has 1 aromatic rings. The summed E-state index contributed by atoms with van der Waals surface area (Å²) in [7, 11) is 0. The molecular formula is C18H30N4O2. The monoisotopic (exact) mass is 334 g/mol. The van der Waals surface area contributed by atoms with E-state index in [4.69, 9.17) is 4.74 Å². The van der Waals surface area contributed by atoms with Gasteiger partial charge in [-0.1, -0.05) is 0 Å². The number of amides is 1. The molecule has 0 radical (unpaired) electrons. The number of hydrogen-bond donors (Lipinski definition) is 1. The number of nitrogens with zero attached hydrogens (tertiary/aromatic N) is 3. The summed E-state index contributed by atoms with van der Waals surface area (Å²) in [6.45, 7) is 11.2. The first-order chi connectivity index (χ1) is 11.4. The van der Waals surface area contributed by atoms with Crippen molar-refractivity contribution < 1.29 is 9.53 Å². The van der Waals surface area contributed by atoms with Gasteiger partial charge in [-0.25, -0.2) is 0 Å². The van der Waals surface area contributed by atoms with Crippen LogP contribution in [-0.4, -0.2) is 52.9 Å². The molecule has 24 heavy (non-hydrogen) atoms. The fourth-order valence-corrected chi connectivity index (χ4v) is 3.74. The lowest BCUT2D eigenvalue weighted by Crippen LogP contribution is -2.50. The van der Waals surface area contributed by atoms with Gasteiger partial charge in [-0.3, -0.25) is 14.8 Å². The SMILES string of the molecule is C[C@H](N[C@@H]1CCCc2c1cnn2C(C)(C)C)C(=O)N1CCOCC1. The Morgan fingerprint density at radius 1 is 1.38 bits per heavy atom. The van der Waals surface area contributed by atoms with E-state index in [1.807, 2.05) is 18.0 Å². The van der Waals surface area contributed by atoms with E-state index >= 15 is 0 Å². The number of nitrogens with one attached hydrogen (secondary N) is 1. The highest BCUT2D eigenvalue weighted by molar-refractivity contribution is 5.81. The largest absolute Gasteiger partial charge is 0.378 e. The third-order valence-electron chi connectivity index (χ3n) is 4.96. The van der Waals surface area contributed by atoms with Gasteiger partial charge in [0.2, 0.25) is 5.91 Å². The summed E-state index contributed by atoms with van der Waals surface area (Å²) in [6.07, 6.45) is 5.24. The maximum Gasteiger partial charge on any atom is 0.239 e. The Kier molecular flexibility index (Phi) is 4.97. The minimum atomic E-state index is -0.183. The van der Waals surface area contributed by atoms with Crippen molar-refractivity contribution in [3.05, 3.63) is 17.5 Å². The molecule has 2 atom stereocenters. The van der Waals surface area contributed by atoms with Crippen LogP contribution >= 0.6 is 0 Å². The quantitative estimate of drug-likeness (QED) is 0.916. The lowest BCUT2D eigenvalue weighted by Gasteiger charge is -2.33. The minimum absolute atomic E-state index is 0.00922. The number of morpholine rings is 1. The molecule has 0 saturated carbocycles. The van der Waals surface area contributed by atoms with Crippen molar-refractivity contribution in [2.75, 3.05) is 26.3 Å². The molecule has 2 heterocycles. The summed E-state index contributed by atoms with van der Waals surface area (Å²) in [4.78, 5) is 14.5. The van der Waals surface area contributed by atoms with Crippen molar-refractivity contribution in [3.8, 4) is 0 Å².